The average Bonchev–Trinajstić information content (AvgIpc) is 2.45. The van der Waals surface area contributed by atoms with Crippen molar-refractivity contribution in [1.29, 1.82) is 0 Å². The van der Waals surface area contributed by atoms with Crippen LogP contribution in [0.5, 0.6) is 0 Å². The van der Waals surface area contributed by atoms with E-state index in [9.17, 15) is 4.79 Å². The normalized spacial score (nSPS) is 11.2. The molecular formula is C16H11BrN2O. The van der Waals surface area contributed by atoms with E-state index in [0.29, 0.717) is 5.69 Å². The van der Waals surface area contributed by atoms with Gasteiger partial charge in [-0.1, -0.05) is 46.3 Å². The first-order valence-corrected chi connectivity index (χ1v) is 6.94. The molecule has 4 heteroatoms. The highest BCUT2D eigenvalue weighted by Gasteiger charge is 2.00. The van der Waals surface area contributed by atoms with E-state index in [1.54, 1.807) is 6.08 Å². The van der Waals surface area contributed by atoms with E-state index >= 15 is 0 Å². The zero-order chi connectivity index (χ0) is 13.9. The van der Waals surface area contributed by atoms with Gasteiger partial charge in [0.25, 0.3) is 5.56 Å². The van der Waals surface area contributed by atoms with E-state index in [1.165, 1.54) is 0 Å². The van der Waals surface area contributed by atoms with Gasteiger partial charge in [-0.2, -0.15) is 0 Å². The molecule has 0 aliphatic heterocycles. The summed E-state index contributed by atoms with van der Waals surface area (Å²) in [7, 11) is 0. The second-order valence-electron chi connectivity index (χ2n) is 4.36. The topological polar surface area (TPSA) is 45.8 Å². The van der Waals surface area contributed by atoms with Crippen LogP contribution in [0.1, 0.15) is 11.3 Å². The van der Waals surface area contributed by atoms with E-state index in [2.05, 4.69) is 25.9 Å². The van der Waals surface area contributed by atoms with Crippen molar-refractivity contribution in [3.63, 3.8) is 0 Å². The van der Waals surface area contributed by atoms with Crippen LogP contribution in [0.25, 0.3) is 23.2 Å². The second-order valence-corrected chi connectivity index (χ2v) is 5.27. The first kappa shape index (κ1) is 12.8. The molecule has 0 amide bonds. The quantitative estimate of drug-likeness (QED) is 0.777. The molecule has 2 aromatic carbocycles. The first-order valence-electron chi connectivity index (χ1n) is 6.15. The van der Waals surface area contributed by atoms with Crippen molar-refractivity contribution in [3.05, 3.63) is 74.6 Å². The maximum absolute atomic E-state index is 11.9. The average molecular weight is 327 g/mol. The molecule has 0 radical (unpaired) electrons. The molecule has 1 heterocycles. The predicted octanol–water partition coefficient (Wildman–Crippen LogP) is 3.86. The fourth-order valence-corrected chi connectivity index (χ4v) is 2.36. The van der Waals surface area contributed by atoms with Crippen LogP contribution in [0.4, 0.5) is 0 Å². The van der Waals surface area contributed by atoms with Crippen LogP contribution in [-0.2, 0) is 0 Å². The molecule has 0 fully saturated rings. The molecule has 20 heavy (non-hydrogen) atoms. The molecule has 3 aromatic rings. The number of hydrogen-bond acceptors (Lipinski definition) is 2. The molecule has 0 atom stereocenters. The Labute approximate surface area is 124 Å². The van der Waals surface area contributed by atoms with Gasteiger partial charge in [0, 0.05) is 4.47 Å². The summed E-state index contributed by atoms with van der Waals surface area (Å²) >= 11 is 3.42. The van der Waals surface area contributed by atoms with E-state index in [1.807, 2.05) is 54.6 Å². The lowest BCUT2D eigenvalue weighted by Gasteiger charge is -1.98. The van der Waals surface area contributed by atoms with Gasteiger partial charge >= 0.3 is 0 Å². The zero-order valence-electron chi connectivity index (χ0n) is 10.5. The summed E-state index contributed by atoms with van der Waals surface area (Å²) in [5.41, 5.74) is 2.76. The van der Waals surface area contributed by atoms with Gasteiger partial charge in [0.15, 0.2) is 0 Å². The van der Waals surface area contributed by atoms with Crippen LogP contribution in [0.2, 0.25) is 0 Å². The first-order chi connectivity index (χ1) is 9.72. The lowest BCUT2D eigenvalue weighted by Crippen LogP contribution is -2.11. The largest absolute Gasteiger partial charge is 0.319 e. The van der Waals surface area contributed by atoms with E-state index in [0.717, 1.165) is 21.1 Å². The van der Waals surface area contributed by atoms with Gasteiger partial charge in [0.1, 0.15) is 5.69 Å². The smallest absolute Gasteiger partial charge is 0.274 e. The van der Waals surface area contributed by atoms with E-state index in [4.69, 9.17) is 0 Å². The summed E-state index contributed by atoms with van der Waals surface area (Å²) in [6.45, 7) is 0. The minimum absolute atomic E-state index is 0.185. The molecule has 3 nitrogen and oxygen atoms in total. The number of benzene rings is 2. The summed E-state index contributed by atoms with van der Waals surface area (Å²) < 4.78 is 1.00. The maximum Gasteiger partial charge on any atom is 0.274 e. The third kappa shape index (κ3) is 2.70. The molecule has 98 valence electrons. The summed E-state index contributed by atoms with van der Waals surface area (Å²) in [5, 5.41) is 0. The van der Waals surface area contributed by atoms with E-state index in [-0.39, 0.29) is 5.56 Å². The van der Waals surface area contributed by atoms with Gasteiger partial charge in [0.2, 0.25) is 0 Å². The number of H-pyrrole nitrogens is 1. The number of aromatic nitrogens is 2. The fourth-order valence-electron chi connectivity index (χ4n) is 1.94. The highest BCUT2D eigenvalue weighted by molar-refractivity contribution is 9.10. The molecule has 0 spiro atoms. The van der Waals surface area contributed by atoms with E-state index < -0.39 is 0 Å². The van der Waals surface area contributed by atoms with Crippen LogP contribution >= 0.6 is 15.9 Å². The molecule has 0 aliphatic carbocycles. The van der Waals surface area contributed by atoms with Gasteiger partial charge in [0.05, 0.1) is 11.0 Å². The SMILES string of the molecule is O=c1[nH]c2ccccc2nc1C=Cc1cccc(Br)c1. The summed E-state index contributed by atoms with van der Waals surface area (Å²) in [6, 6.07) is 15.3. The lowest BCUT2D eigenvalue weighted by molar-refractivity contribution is 1.19. The molecule has 0 saturated heterocycles. The van der Waals surface area contributed by atoms with Crippen molar-refractivity contribution in [2.75, 3.05) is 0 Å². The number of fused-ring (bicyclic) bond motifs is 1. The zero-order valence-corrected chi connectivity index (χ0v) is 12.1. The van der Waals surface area contributed by atoms with Crippen molar-refractivity contribution < 1.29 is 0 Å². The van der Waals surface area contributed by atoms with Gasteiger partial charge < -0.3 is 4.98 Å². The Morgan fingerprint density at radius 3 is 2.75 bits per heavy atom. The number of para-hydroxylation sites is 2. The number of aromatic amines is 1. The Morgan fingerprint density at radius 1 is 1.05 bits per heavy atom. The summed E-state index contributed by atoms with van der Waals surface area (Å²) in [5.74, 6) is 0. The van der Waals surface area contributed by atoms with Crippen molar-refractivity contribution in [2.45, 2.75) is 0 Å². The summed E-state index contributed by atoms with van der Waals surface area (Å²) in [4.78, 5) is 19.1. The Hall–Kier alpha value is -2.20. The number of halogens is 1. The third-order valence-electron chi connectivity index (χ3n) is 2.91. The Morgan fingerprint density at radius 2 is 1.90 bits per heavy atom. The monoisotopic (exact) mass is 326 g/mol. The van der Waals surface area contributed by atoms with Crippen LogP contribution in [0.3, 0.4) is 0 Å². The minimum Gasteiger partial charge on any atom is -0.319 e. The number of rotatable bonds is 2. The van der Waals surface area contributed by atoms with Crippen LogP contribution in [-0.4, -0.2) is 9.97 Å². The van der Waals surface area contributed by atoms with Crippen molar-refractivity contribution >= 4 is 39.1 Å². The lowest BCUT2D eigenvalue weighted by atomic mass is 10.2. The predicted molar refractivity (Wildman–Crippen MR) is 85.4 cm³/mol. The summed E-state index contributed by atoms with van der Waals surface area (Å²) in [6.07, 6.45) is 3.60. The van der Waals surface area contributed by atoms with Crippen LogP contribution in [0.15, 0.2) is 57.8 Å². The Balaban J connectivity index is 2.02. The molecule has 3 rings (SSSR count). The molecule has 1 aromatic heterocycles. The standard InChI is InChI=1S/C16H11BrN2O/c17-12-5-3-4-11(10-12)8-9-15-16(20)19-14-7-2-1-6-13(14)18-15/h1-10H,(H,19,20). The number of nitrogens with one attached hydrogen (secondary N) is 1. The second kappa shape index (κ2) is 5.43. The molecular weight excluding hydrogens is 316 g/mol. The highest BCUT2D eigenvalue weighted by Crippen LogP contribution is 2.14. The number of hydrogen-bond donors (Lipinski definition) is 1. The fraction of sp³-hybridized carbons (Fsp3) is 0. The molecule has 0 unspecified atom stereocenters. The van der Waals surface area contributed by atoms with Gasteiger partial charge in [-0.15, -0.1) is 0 Å². The maximum atomic E-state index is 11.9. The third-order valence-corrected chi connectivity index (χ3v) is 3.40. The highest BCUT2D eigenvalue weighted by atomic mass is 79.9. The van der Waals surface area contributed by atoms with Crippen molar-refractivity contribution in [2.24, 2.45) is 0 Å². The van der Waals surface area contributed by atoms with Crippen molar-refractivity contribution in [1.82, 2.24) is 9.97 Å². The molecule has 0 saturated carbocycles. The van der Waals surface area contributed by atoms with Gasteiger partial charge in [-0.05, 0) is 35.9 Å². The Kier molecular flexibility index (Phi) is 3.48. The van der Waals surface area contributed by atoms with Gasteiger partial charge in [-0.25, -0.2) is 4.98 Å². The minimum atomic E-state index is -0.185. The van der Waals surface area contributed by atoms with Crippen molar-refractivity contribution in [3.8, 4) is 0 Å². The van der Waals surface area contributed by atoms with Gasteiger partial charge in [-0.3, -0.25) is 4.79 Å². The van der Waals surface area contributed by atoms with Crippen LogP contribution < -0.4 is 5.56 Å². The molecule has 0 bridgehead atoms. The Bertz CT molecular complexity index is 852. The number of nitrogens with zero attached hydrogens (tertiary/aromatic N) is 1. The van der Waals surface area contributed by atoms with Crippen LogP contribution in [0, 0.1) is 0 Å². The molecule has 1 N–H and O–H groups in total. The molecule has 0 aliphatic rings.